The van der Waals surface area contributed by atoms with Crippen LogP contribution in [0, 0.1) is 0 Å². The molecule has 22 heavy (non-hydrogen) atoms. The summed E-state index contributed by atoms with van der Waals surface area (Å²) in [4.78, 5) is 74.5. The van der Waals surface area contributed by atoms with Crippen LogP contribution in [0.25, 0.3) is 0 Å². The van der Waals surface area contributed by atoms with Gasteiger partial charge in [-0.25, -0.2) is 9.59 Å². The largest absolute Gasteiger partial charge is 0.432 e. The summed E-state index contributed by atoms with van der Waals surface area (Å²) in [6, 6.07) is 0. The molecule has 0 saturated carbocycles. The first-order valence-corrected chi connectivity index (χ1v) is 6.17. The summed E-state index contributed by atoms with van der Waals surface area (Å²) in [5, 5.41) is 2.24. The highest BCUT2D eigenvalue weighted by atomic mass is 16.7. The topological polar surface area (TPSA) is 148 Å². The van der Waals surface area contributed by atoms with E-state index in [2.05, 4.69) is 9.68 Å². The van der Waals surface area contributed by atoms with E-state index in [4.69, 9.17) is 0 Å². The van der Waals surface area contributed by atoms with Gasteiger partial charge in [0.05, 0.1) is 0 Å². The second-order valence-corrected chi connectivity index (χ2v) is 4.02. The molecule has 0 aromatic heterocycles. The molecule has 1 rings (SSSR count). The van der Waals surface area contributed by atoms with Gasteiger partial charge in [0.25, 0.3) is 17.7 Å². The van der Waals surface area contributed by atoms with E-state index in [1.165, 1.54) is 0 Å². The predicted molar refractivity (Wildman–Crippen MR) is 65.1 cm³/mol. The summed E-state index contributed by atoms with van der Waals surface area (Å²) < 4.78 is 0. The molecule has 120 valence electrons. The van der Waals surface area contributed by atoms with Gasteiger partial charge in [0.15, 0.2) is 0 Å². The van der Waals surface area contributed by atoms with Crippen molar-refractivity contribution in [1.82, 2.24) is 15.9 Å². The second-order valence-electron chi connectivity index (χ2n) is 4.02. The number of hydrogen-bond donors (Lipinski definition) is 2. The van der Waals surface area contributed by atoms with Crippen LogP contribution >= 0.6 is 0 Å². The van der Waals surface area contributed by atoms with E-state index in [1.54, 1.807) is 5.48 Å². The van der Waals surface area contributed by atoms with Crippen LogP contribution in [-0.4, -0.2) is 47.7 Å². The second kappa shape index (κ2) is 8.34. The Labute approximate surface area is 123 Å². The van der Waals surface area contributed by atoms with E-state index in [0.717, 1.165) is 0 Å². The number of aldehydes is 1. The Bertz CT molecular complexity index is 488. The summed E-state index contributed by atoms with van der Waals surface area (Å²) in [5.74, 6) is -3.03. The zero-order valence-corrected chi connectivity index (χ0v) is 11.3. The number of nitrogens with zero attached hydrogens (tertiary/aromatic N) is 1. The molecule has 1 saturated heterocycles. The third-order valence-electron chi connectivity index (χ3n) is 2.32. The molecule has 1 fully saturated rings. The molecule has 11 nitrogen and oxygen atoms in total. The van der Waals surface area contributed by atoms with Crippen LogP contribution in [0.1, 0.15) is 25.7 Å². The fourth-order valence-corrected chi connectivity index (χ4v) is 1.31. The number of carbonyl (C=O) groups is 6. The van der Waals surface area contributed by atoms with Gasteiger partial charge in [-0.15, -0.1) is 5.06 Å². The minimum atomic E-state index is -1.20. The van der Waals surface area contributed by atoms with Crippen molar-refractivity contribution in [1.29, 1.82) is 0 Å². The predicted octanol–water partition coefficient (Wildman–Crippen LogP) is -1.67. The van der Waals surface area contributed by atoms with Crippen LogP contribution in [0.2, 0.25) is 0 Å². The Morgan fingerprint density at radius 2 is 1.82 bits per heavy atom. The first-order valence-electron chi connectivity index (χ1n) is 6.17. The lowest BCUT2D eigenvalue weighted by atomic mass is 10.3. The summed E-state index contributed by atoms with van der Waals surface area (Å²) in [7, 11) is 0. The molecular formula is C11H13N3O8. The summed E-state index contributed by atoms with van der Waals surface area (Å²) >= 11 is 0. The fraction of sp³-hybridized carbons (Fsp3) is 0.455. The molecule has 0 unspecified atom stereocenters. The molecule has 0 radical (unpaired) electrons. The summed E-state index contributed by atoms with van der Waals surface area (Å²) in [6.07, 6.45) is -0.952. The Morgan fingerprint density at radius 3 is 2.41 bits per heavy atom. The van der Waals surface area contributed by atoms with E-state index in [0.29, 0.717) is 11.3 Å². The van der Waals surface area contributed by atoms with Crippen LogP contribution in [0.3, 0.4) is 0 Å². The lowest BCUT2D eigenvalue weighted by molar-refractivity contribution is -0.171. The van der Waals surface area contributed by atoms with Crippen LogP contribution in [0.15, 0.2) is 0 Å². The molecule has 0 atom stereocenters. The summed E-state index contributed by atoms with van der Waals surface area (Å²) in [5.41, 5.74) is 1.77. The summed E-state index contributed by atoms with van der Waals surface area (Å²) in [6.45, 7) is -0.664. The molecule has 1 aliphatic heterocycles. The van der Waals surface area contributed by atoms with Gasteiger partial charge in [0.1, 0.15) is 12.8 Å². The molecule has 1 heterocycles. The fourth-order valence-electron chi connectivity index (χ4n) is 1.31. The van der Waals surface area contributed by atoms with Crippen molar-refractivity contribution < 1.29 is 38.4 Å². The SMILES string of the molecule is O=CCCC(=O)NOC(=O)CNC(=O)ON1C(=O)CCC1=O. The standard InChI is InChI=1S/C11H13N3O8/c15-5-1-2-7(16)13-21-10(19)6-12-11(20)22-14-8(17)3-4-9(14)18/h5H,1-4,6H2,(H,12,20)(H,13,16). The molecule has 0 aromatic carbocycles. The van der Waals surface area contributed by atoms with E-state index in [-0.39, 0.29) is 25.7 Å². The molecule has 0 spiro atoms. The van der Waals surface area contributed by atoms with Crippen molar-refractivity contribution in [3.05, 3.63) is 0 Å². The van der Waals surface area contributed by atoms with Gasteiger partial charge in [-0.2, -0.15) is 5.48 Å². The highest BCUT2D eigenvalue weighted by molar-refractivity contribution is 6.01. The highest BCUT2D eigenvalue weighted by Gasteiger charge is 2.32. The molecule has 11 heteroatoms. The van der Waals surface area contributed by atoms with E-state index in [9.17, 15) is 28.8 Å². The van der Waals surface area contributed by atoms with Crippen LogP contribution in [0.5, 0.6) is 0 Å². The first kappa shape index (κ1) is 17.1. The van der Waals surface area contributed by atoms with Gasteiger partial charge >= 0.3 is 12.1 Å². The molecule has 4 amide bonds. The quantitative estimate of drug-likeness (QED) is 0.336. The average molecular weight is 315 g/mol. The van der Waals surface area contributed by atoms with Crippen LogP contribution in [-0.2, 0) is 33.6 Å². The lowest BCUT2D eigenvalue weighted by Gasteiger charge is -2.12. The molecule has 2 N–H and O–H groups in total. The van der Waals surface area contributed by atoms with Crippen LogP contribution in [0.4, 0.5) is 4.79 Å². The van der Waals surface area contributed by atoms with Gasteiger partial charge in [0.2, 0.25) is 0 Å². The number of amides is 4. The Morgan fingerprint density at radius 1 is 1.18 bits per heavy atom. The molecular weight excluding hydrogens is 302 g/mol. The average Bonchev–Trinajstić information content (AvgIpc) is 2.80. The number of hydroxylamine groups is 3. The third kappa shape index (κ3) is 5.56. The van der Waals surface area contributed by atoms with Crippen LogP contribution < -0.4 is 10.8 Å². The number of hydrogen-bond acceptors (Lipinski definition) is 8. The van der Waals surface area contributed by atoms with E-state index in [1.807, 2.05) is 5.32 Å². The number of carbonyl (C=O) groups excluding carboxylic acids is 6. The normalized spacial score (nSPS) is 13.5. The zero-order chi connectivity index (χ0) is 16.5. The maximum Gasteiger partial charge on any atom is 0.432 e. The zero-order valence-electron chi connectivity index (χ0n) is 11.3. The van der Waals surface area contributed by atoms with Crippen molar-refractivity contribution >= 4 is 36.1 Å². The maximum absolute atomic E-state index is 11.3. The molecule has 0 aromatic rings. The molecule has 0 bridgehead atoms. The maximum atomic E-state index is 11.3. The van der Waals surface area contributed by atoms with Gasteiger partial charge in [0, 0.05) is 25.7 Å². The van der Waals surface area contributed by atoms with Gasteiger partial charge in [-0.1, -0.05) is 0 Å². The van der Waals surface area contributed by atoms with Crippen molar-refractivity contribution in [2.24, 2.45) is 0 Å². The van der Waals surface area contributed by atoms with Gasteiger partial charge in [-0.3, -0.25) is 14.4 Å². The Kier molecular flexibility index (Phi) is 6.47. The first-order chi connectivity index (χ1) is 10.4. The molecule has 1 aliphatic rings. The number of nitrogens with one attached hydrogen (secondary N) is 2. The minimum Gasteiger partial charge on any atom is -0.339 e. The Hall–Kier alpha value is -2.98. The van der Waals surface area contributed by atoms with E-state index < -0.39 is 36.3 Å². The third-order valence-corrected chi connectivity index (χ3v) is 2.32. The van der Waals surface area contributed by atoms with Crippen molar-refractivity contribution in [3.63, 3.8) is 0 Å². The monoisotopic (exact) mass is 315 g/mol. The van der Waals surface area contributed by atoms with Crippen molar-refractivity contribution in [2.75, 3.05) is 6.54 Å². The minimum absolute atomic E-state index is 0.0220. The number of rotatable bonds is 6. The molecule has 0 aliphatic carbocycles. The van der Waals surface area contributed by atoms with Crippen molar-refractivity contribution in [3.8, 4) is 0 Å². The Balaban J connectivity index is 2.22. The highest BCUT2D eigenvalue weighted by Crippen LogP contribution is 2.11. The van der Waals surface area contributed by atoms with Crippen molar-refractivity contribution in [2.45, 2.75) is 25.7 Å². The van der Waals surface area contributed by atoms with E-state index >= 15 is 0 Å². The smallest absolute Gasteiger partial charge is 0.339 e. The van der Waals surface area contributed by atoms with Gasteiger partial charge < -0.3 is 19.8 Å². The lowest BCUT2D eigenvalue weighted by Crippen LogP contribution is -2.40. The van der Waals surface area contributed by atoms with Gasteiger partial charge in [-0.05, 0) is 0 Å². The number of imide groups is 1.